The Kier molecular flexibility index (Phi) is 4.86. The standard InChI is InChI=1S/C16H19F3N4O/c17-16(18,19)10-23-7-5-13(6-8-23)15-21-14(22-24-15)12-3-1-11(9-20)2-4-12/h1-4,13H,5-10,20H2. The number of likely N-dealkylation sites (tertiary alicyclic amines) is 1. The lowest BCUT2D eigenvalue weighted by atomic mass is 9.97. The van der Waals surface area contributed by atoms with Crippen molar-refractivity contribution in [1.29, 1.82) is 0 Å². The Hall–Kier alpha value is -1.93. The highest BCUT2D eigenvalue weighted by Crippen LogP contribution is 2.30. The zero-order chi connectivity index (χ0) is 17.2. The average molecular weight is 340 g/mol. The van der Waals surface area contributed by atoms with E-state index in [1.165, 1.54) is 4.90 Å². The summed E-state index contributed by atoms with van der Waals surface area (Å²) in [7, 11) is 0. The topological polar surface area (TPSA) is 68.2 Å². The Morgan fingerprint density at radius 1 is 1.17 bits per heavy atom. The van der Waals surface area contributed by atoms with Gasteiger partial charge in [-0.1, -0.05) is 29.4 Å². The maximum Gasteiger partial charge on any atom is 0.401 e. The van der Waals surface area contributed by atoms with E-state index in [-0.39, 0.29) is 5.92 Å². The van der Waals surface area contributed by atoms with Crippen molar-refractivity contribution in [2.24, 2.45) is 5.73 Å². The fraction of sp³-hybridized carbons (Fsp3) is 0.500. The Morgan fingerprint density at radius 2 is 1.83 bits per heavy atom. The van der Waals surface area contributed by atoms with Crippen molar-refractivity contribution in [2.75, 3.05) is 19.6 Å². The number of benzene rings is 1. The Bertz CT molecular complexity index is 661. The van der Waals surface area contributed by atoms with Gasteiger partial charge in [0.25, 0.3) is 0 Å². The summed E-state index contributed by atoms with van der Waals surface area (Å²) in [5.41, 5.74) is 7.41. The van der Waals surface area contributed by atoms with Gasteiger partial charge in [0.2, 0.25) is 11.7 Å². The molecule has 2 N–H and O–H groups in total. The second-order valence-corrected chi connectivity index (χ2v) is 6.02. The van der Waals surface area contributed by atoms with Gasteiger partial charge < -0.3 is 10.3 Å². The number of hydrogen-bond acceptors (Lipinski definition) is 5. The minimum Gasteiger partial charge on any atom is -0.339 e. The van der Waals surface area contributed by atoms with Crippen LogP contribution >= 0.6 is 0 Å². The summed E-state index contributed by atoms with van der Waals surface area (Å²) >= 11 is 0. The van der Waals surface area contributed by atoms with Crippen molar-refractivity contribution < 1.29 is 17.7 Å². The molecule has 0 unspecified atom stereocenters. The van der Waals surface area contributed by atoms with E-state index in [0.29, 0.717) is 44.2 Å². The minimum absolute atomic E-state index is 0.0130. The fourth-order valence-corrected chi connectivity index (χ4v) is 2.90. The third kappa shape index (κ3) is 4.12. The van der Waals surface area contributed by atoms with E-state index in [0.717, 1.165) is 11.1 Å². The monoisotopic (exact) mass is 340 g/mol. The molecule has 24 heavy (non-hydrogen) atoms. The van der Waals surface area contributed by atoms with Crippen LogP contribution in [-0.2, 0) is 6.54 Å². The molecule has 1 fully saturated rings. The normalized spacial score (nSPS) is 17.3. The van der Waals surface area contributed by atoms with Crippen LogP contribution < -0.4 is 5.73 Å². The summed E-state index contributed by atoms with van der Waals surface area (Å²) in [6, 6.07) is 7.56. The third-order valence-electron chi connectivity index (χ3n) is 4.23. The number of nitrogens with zero attached hydrogens (tertiary/aromatic N) is 3. The van der Waals surface area contributed by atoms with Gasteiger partial charge in [0, 0.05) is 18.0 Å². The third-order valence-corrected chi connectivity index (χ3v) is 4.23. The summed E-state index contributed by atoms with van der Waals surface area (Å²) in [5, 5.41) is 3.98. The van der Waals surface area contributed by atoms with Gasteiger partial charge in [-0.15, -0.1) is 0 Å². The quantitative estimate of drug-likeness (QED) is 0.927. The first-order chi connectivity index (χ1) is 11.4. The smallest absolute Gasteiger partial charge is 0.339 e. The van der Waals surface area contributed by atoms with Gasteiger partial charge in [-0.3, -0.25) is 4.90 Å². The molecule has 5 nitrogen and oxygen atoms in total. The lowest BCUT2D eigenvalue weighted by Crippen LogP contribution is -2.39. The van der Waals surface area contributed by atoms with E-state index in [9.17, 15) is 13.2 Å². The highest BCUT2D eigenvalue weighted by atomic mass is 19.4. The van der Waals surface area contributed by atoms with E-state index in [1.807, 2.05) is 24.3 Å². The van der Waals surface area contributed by atoms with E-state index >= 15 is 0 Å². The van der Waals surface area contributed by atoms with Gasteiger partial charge in [-0.2, -0.15) is 18.2 Å². The average Bonchev–Trinajstić information content (AvgIpc) is 3.04. The number of hydrogen-bond donors (Lipinski definition) is 1. The lowest BCUT2D eigenvalue weighted by molar-refractivity contribution is -0.148. The van der Waals surface area contributed by atoms with Crippen molar-refractivity contribution in [3.8, 4) is 11.4 Å². The van der Waals surface area contributed by atoms with Crippen molar-refractivity contribution in [1.82, 2.24) is 15.0 Å². The first-order valence-electron chi connectivity index (χ1n) is 7.87. The van der Waals surface area contributed by atoms with Gasteiger partial charge in [0.1, 0.15) is 0 Å². The summed E-state index contributed by atoms with van der Waals surface area (Å²) in [6.45, 7) is 0.372. The fourth-order valence-electron chi connectivity index (χ4n) is 2.90. The van der Waals surface area contributed by atoms with Crippen LogP contribution in [0.5, 0.6) is 0 Å². The SMILES string of the molecule is NCc1ccc(-c2noc(C3CCN(CC(F)(F)F)CC3)n2)cc1. The molecule has 0 atom stereocenters. The molecule has 0 bridgehead atoms. The number of aromatic nitrogens is 2. The number of alkyl halides is 3. The number of rotatable bonds is 4. The lowest BCUT2D eigenvalue weighted by Gasteiger charge is -2.30. The van der Waals surface area contributed by atoms with Gasteiger partial charge in [0.05, 0.1) is 6.54 Å². The maximum atomic E-state index is 12.4. The van der Waals surface area contributed by atoms with Crippen LogP contribution in [0.4, 0.5) is 13.2 Å². The van der Waals surface area contributed by atoms with Crippen LogP contribution in [0, 0.1) is 0 Å². The van der Waals surface area contributed by atoms with Gasteiger partial charge in [-0.05, 0) is 31.5 Å². The van der Waals surface area contributed by atoms with Crippen molar-refractivity contribution in [3.05, 3.63) is 35.7 Å². The molecule has 130 valence electrons. The van der Waals surface area contributed by atoms with Gasteiger partial charge >= 0.3 is 6.18 Å². The molecule has 0 radical (unpaired) electrons. The predicted octanol–water partition coefficient (Wildman–Crippen LogP) is 2.94. The van der Waals surface area contributed by atoms with Crippen molar-refractivity contribution in [3.63, 3.8) is 0 Å². The molecule has 1 aromatic heterocycles. The zero-order valence-electron chi connectivity index (χ0n) is 13.1. The van der Waals surface area contributed by atoms with Crippen LogP contribution in [0.15, 0.2) is 28.8 Å². The Balaban J connectivity index is 1.62. The van der Waals surface area contributed by atoms with Crippen LogP contribution in [0.3, 0.4) is 0 Å². The molecule has 0 aliphatic carbocycles. The molecular formula is C16H19F3N4O. The molecule has 1 aliphatic heterocycles. The Morgan fingerprint density at radius 3 is 2.42 bits per heavy atom. The number of halogens is 3. The second kappa shape index (κ2) is 6.90. The molecule has 1 saturated heterocycles. The van der Waals surface area contributed by atoms with Crippen molar-refractivity contribution in [2.45, 2.75) is 31.5 Å². The number of nitrogens with two attached hydrogens (primary N) is 1. The summed E-state index contributed by atoms with van der Waals surface area (Å²) in [6.07, 6.45) is -2.98. The predicted molar refractivity (Wildman–Crippen MR) is 82.1 cm³/mol. The van der Waals surface area contributed by atoms with Crippen LogP contribution in [-0.4, -0.2) is 40.9 Å². The highest BCUT2D eigenvalue weighted by Gasteiger charge is 2.33. The zero-order valence-corrected chi connectivity index (χ0v) is 13.1. The van der Waals surface area contributed by atoms with E-state index in [1.54, 1.807) is 0 Å². The van der Waals surface area contributed by atoms with E-state index in [4.69, 9.17) is 10.3 Å². The first kappa shape index (κ1) is 16.9. The van der Waals surface area contributed by atoms with Gasteiger partial charge in [-0.25, -0.2) is 0 Å². The molecule has 0 amide bonds. The van der Waals surface area contributed by atoms with Crippen molar-refractivity contribution >= 4 is 0 Å². The molecule has 0 saturated carbocycles. The summed E-state index contributed by atoms with van der Waals surface area (Å²) in [4.78, 5) is 5.83. The van der Waals surface area contributed by atoms with E-state index < -0.39 is 12.7 Å². The van der Waals surface area contributed by atoms with Crippen LogP contribution in [0.2, 0.25) is 0 Å². The number of piperidine rings is 1. The van der Waals surface area contributed by atoms with Crippen LogP contribution in [0.25, 0.3) is 11.4 Å². The van der Waals surface area contributed by atoms with Gasteiger partial charge in [0.15, 0.2) is 0 Å². The maximum absolute atomic E-state index is 12.4. The molecule has 0 spiro atoms. The molecule has 1 aliphatic rings. The molecule has 2 heterocycles. The Labute approximate surface area is 137 Å². The summed E-state index contributed by atoms with van der Waals surface area (Å²) < 4.78 is 42.6. The molecule has 8 heteroatoms. The highest BCUT2D eigenvalue weighted by molar-refractivity contribution is 5.54. The largest absolute Gasteiger partial charge is 0.401 e. The molecule has 3 rings (SSSR count). The molecule has 1 aromatic carbocycles. The molecular weight excluding hydrogens is 321 g/mol. The first-order valence-corrected chi connectivity index (χ1v) is 7.87. The second-order valence-electron chi connectivity index (χ2n) is 6.02. The minimum atomic E-state index is -4.15. The molecule has 2 aromatic rings. The summed E-state index contributed by atoms with van der Waals surface area (Å²) in [5.74, 6) is 1.00. The van der Waals surface area contributed by atoms with Crippen LogP contribution in [0.1, 0.15) is 30.2 Å². The van der Waals surface area contributed by atoms with E-state index in [2.05, 4.69) is 10.1 Å².